The van der Waals surface area contributed by atoms with E-state index < -0.39 is 30.1 Å². The predicted octanol–water partition coefficient (Wildman–Crippen LogP) is 4.51. The van der Waals surface area contributed by atoms with Crippen LogP contribution in [0.4, 0.5) is 0 Å². The molecule has 3 heterocycles. The number of aryl methyl sites for hydroxylation is 1. The normalized spacial score (nSPS) is 22.3. The number of carbonyl (C=O) groups excluding carboxylic acids is 2. The molecule has 1 aromatic heterocycles. The van der Waals surface area contributed by atoms with Gasteiger partial charge in [-0.1, -0.05) is 55.5 Å². The van der Waals surface area contributed by atoms with Crippen LogP contribution < -0.4 is 0 Å². The van der Waals surface area contributed by atoms with E-state index in [-0.39, 0.29) is 28.7 Å². The Bertz CT molecular complexity index is 1470. The van der Waals surface area contributed by atoms with Gasteiger partial charge >= 0.3 is 5.97 Å². The zero-order valence-electron chi connectivity index (χ0n) is 21.3. The monoisotopic (exact) mass is 524 g/mol. The van der Waals surface area contributed by atoms with Gasteiger partial charge in [0, 0.05) is 26.4 Å². The molecule has 2 aliphatic heterocycles. The number of aromatic nitrogens is 1. The van der Waals surface area contributed by atoms with Crippen LogP contribution in [-0.2, 0) is 30.8 Å². The molecule has 3 aromatic rings. The highest BCUT2D eigenvalue weighted by atomic mass is 32.2. The first-order valence-corrected chi connectivity index (χ1v) is 17.3. The number of esters is 1. The summed E-state index contributed by atoms with van der Waals surface area (Å²) in [7, 11) is -4.67. The third kappa shape index (κ3) is 3.71. The van der Waals surface area contributed by atoms with Crippen molar-refractivity contribution in [2.24, 2.45) is 5.92 Å². The van der Waals surface area contributed by atoms with Crippen LogP contribution in [0, 0.1) is 12.8 Å². The van der Waals surface area contributed by atoms with Gasteiger partial charge in [-0.25, -0.2) is 12.4 Å². The van der Waals surface area contributed by atoms with E-state index in [4.69, 9.17) is 4.74 Å². The molecule has 0 spiro atoms. The molecule has 36 heavy (non-hydrogen) atoms. The fraction of sp³-hybridized carbons (Fsp3) is 0.407. The van der Waals surface area contributed by atoms with Gasteiger partial charge in [0.15, 0.2) is 0 Å². The Kier molecular flexibility index (Phi) is 5.91. The number of hydrogen-bond acceptors (Lipinski definition) is 5. The molecule has 3 atom stereocenters. The lowest BCUT2D eigenvalue weighted by Gasteiger charge is -2.49. The van der Waals surface area contributed by atoms with Gasteiger partial charge in [0.2, 0.25) is 5.91 Å². The first kappa shape index (κ1) is 24.8. The first-order chi connectivity index (χ1) is 17.0. The summed E-state index contributed by atoms with van der Waals surface area (Å²) in [5, 5.41) is 0.842. The predicted molar refractivity (Wildman–Crippen MR) is 141 cm³/mol. The van der Waals surface area contributed by atoms with Crippen LogP contribution in [0.1, 0.15) is 29.3 Å². The Labute approximate surface area is 213 Å². The van der Waals surface area contributed by atoms with Crippen LogP contribution in [0.2, 0.25) is 25.2 Å². The second-order valence-electron chi connectivity index (χ2n) is 11.0. The van der Waals surface area contributed by atoms with Crippen LogP contribution in [0.15, 0.2) is 53.4 Å². The van der Waals surface area contributed by atoms with Gasteiger partial charge in [0.1, 0.15) is 0 Å². The molecular weight excluding hydrogens is 492 g/mol. The van der Waals surface area contributed by atoms with E-state index in [0.29, 0.717) is 24.2 Å². The molecule has 1 amide bonds. The van der Waals surface area contributed by atoms with Crippen molar-refractivity contribution < 1.29 is 22.7 Å². The van der Waals surface area contributed by atoms with Gasteiger partial charge in [-0.15, -0.1) is 0 Å². The number of piperidine rings is 1. The molecule has 190 valence electrons. The average Bonchev–Trinajstić information content (AvgIpc) is 3.18. The molecule has 0 unspecified atom stereocenters. The number of methoxy groups -OCH3 is 1. The summed E-state index contributed by atoms with van der Waals surface area (Å²) in [4.78, 5) is 28.8. The lowest BCUT2D eigenvalue weighted by molar-refractivity contribution is -0.155. The summed E-state index contributed by atoms with van der Waals surface area (Å²) < 4.78 is 35.1. The standard InChI is InChI=1S/C27H32N2O5SSi/c1-17-10-12-18(13-11-17)35(32,33)29-21-9-7-6-8-19(21)20-14-15-28-23(30)16-22(36(3,4)5)24(27(31)34-2)26(28)25(20)29/h6-13,22,24,26H,14-16H2,1-5H3/t22-,24-,26+/m0/s1. The number of rotatable bonds is 4. The van der Waals surface area contributed by atoms with Gasteiger partial charge < -0.3 is 9.64 Å². The second kappa shape index (κ2) is 8.59. The number of amides is 1. The minimum Gasteiger partial charge on any atom is -0.469 e. The fourth-order valence-corrected chi connectivity index (χ4v) is 9.79. The Morgan fingerprint density at radius 1 is 1.06 bits per heavy atom. The summed E-state index contributed by atoms with van der Waals surface area (Å²) in [5.74, 6) is -1.04. The van der Waals surface area contributed by atoms with Crippen molar-refractivity contribution in [3.63, 3.8) is 0 Å². The van der Waals surface area contributed by atoms with Crippen molar-refractivity contribution in [1.29, 1.82) is 0 Å². The first-order valence-electron chi connectivity index (χ1n) is 12.3. The number of ether oxygens (including phenoxy) is 1. The molecule has 0 bridgehead atoms. The summed E-state index contributed by atoms with van der Waals surface area (Å²) in [6, 6.07) is 13.5. The van der Waals surface area contributed by atoms with Crippen LogP contribution in [0.25, 0.3) is 10.9 Å². The highest BCUT2D eigenvalue weighted by Crippen LogP contribution is 2.52. The maximum absolute atomic E-state index is 14.2. The third-order valence-electron chi connectivity index (χ3n) is 7.83. The van der Waals surface area contributed by atoms with Gasteiger partial charge in [-0.2, -0.15) is 0 Å². The van der Waals surface area contributed by atoms with E-state index in [0.717, 1.165) is 16.5 Å². The van der Waals surface area contributed by atoms with Gasteiger partial charge in [-0.3, -0.25) is 9.59 Å². The summed E-state index contributed by atoms with van der Waals surface area (Å²) in [5.41, 5.74) is 2.77. The molecular formula is C27H32N2O5SSi. The quantitative estimate of drug-likeness (QED) is 0.370. The fourth-order valence-electron chi connectivity index (χ4n) is 6.02. The maximum Gasteiger partial charge on any atom is 0.311 e. The maximum atomic E-state index is 14.2. The minimum absolute atomic E-state index is 0.0252. The zero-order chi connectivity index (χ0) is 26.0. The molecule has 2 aromatic carbocycles. The van der Waals surface area contributed by atoms with Gasteiger partial charge in [0.05, 0.1) is 35.2 Å². The number of benzene rings is 2. The molecule has 1 fully saturated rings. The van der Waals surface area contributed by atoms with E-state index in [1.807, 2.05) is 25.1 Å². The van der Waals surface area contributed by atoms with Crippen LogP contribution in [-0.4, -0.2) is 50.9 Å². The topological polar surface area (TPSA) is 85.7 Å². The lowest BCUT2D eigenvalue weighted by atomic mass is 9.81. The van der Waals surface area contributed by atoms with E-state index in [1.54, 1.807) is 35.2 Å². The van der Waals surface area contributed by atoms with Crippen molar-refractivity contribution >= 4 is 40.9 Å². The smallest absolute Gasteiger partial charge is 0.311 e. The molecule has 9 heteroatoms. The van der Waals surface area contributed by atoms with Crippen molar-refractivity contribution in [1.82, 2.24) is 8.87 Å². The molecule has 2 aliphatic rings. The Morgan fingerprint density at radius 3 is 2.36 bits per heavy atom. The minimum atomic E-state index is -4.02. The molecule has 7 nitrogen and oxygen atoms in total. The average molecular weight is 525 g/mol. The number of hydrogen-bond donors (Lipinski definition) is 0. The number of carbonyl (C=O) groups is 2. The van der Waals surface area contributed by atoms with Crippen molar-refractivity contribution in [2.75, 3.05) is 13.7 Å². The van der Waals surface area contributed by atoms with E-state index >= 15 is 0 Å². The van der Waals surface area contributed by atoms with Crippen LogP contribution in [0.5, 0.6) is 0 Å². The largest absolute Gasteiger partial charge is 0.469 e. The summed E-state index contributed by atoms with van der Waals surface area (Å²) in [6.45, 7) is 8.81. The number of fused-ring (bicyclic) bond motifs is 5. The van der Waals surface area contributed by atoms with E-state index in [1.165, 1.54) is 11.1 Å². The number of para-hydroxylation sites is 1. The molecule has 0 saturated carbocycles. The van der Waals surface area contributed by atoms with Crippen molar-refractivity contribution in [3.05, 3.63) is 65.4 Å². The lowest BCUT2D eigenvalue weighted by Crippen LogP contribution is -2.55. The summed E-state index contributed by atoms with van der Waals surface area (Å²) in [6.07, 6.45) is 0.812. The highest BCUT2D eigenvalue weighted by Gasteiger charge is 2.54. The molecule has 0 aliphatic carbocycles. The van der Waals surface area contributed by atoms with Crippen LogP contribution >= 0.6 is 0 Å². The van der Waals surface area contributed by atoms with E-state index in [9.17, 15) is 18.0 Å². The number of nitrogens with zero attached hydrogens (tertiary/aromatic N) is 2. The van der Waals surface area contributed by atoms with Gasteiger partial charge in [0.25, 0.3) is 10.0 Å². The molecule has 1 saturated heterocycles. The van der Waals surface area contributed by atoms with Gasteiger partial charge in [-0.05, 0) is 42.6 Å². The van der Waals surface area contributed by atoms with Crippen molar-refractivity contribution in [2.45, 2.75) is 55.9 Å². The Balaban J connectivity index is 1.84. The Morgan fingerprint density at radius 2 is 1.72 bits per heavy atom. The highest BCUT2D eigenvalue weighted by molar-refractivity contribution is 7.90. The third-order valence-corrected chi connectivity index (χ3v) is 12.4. The SMILES string of the molecule is COC(=O)[C@@H]1[C@@H]2c3c(c4ccccc4n3S(=O)(=O)c3ccc(C)cc3)CCN2C(=O)C[C@@H]1[Si](C)(C)C. The van der Waals surface area contributed by atoms with Crippen LogP contribution in [0.3, 0.4) is 0 Å². The molecule has 5 rings (SSSR count). The van der Waals surface area contributed by atoms with E-state index in [2.05, 4.69) is 19.6 Å². The molecule has 0 radical (unpaired) electrons. The van der Waals surface area contributed by atoms with Crippen molar-refractivity contribution in [3.8, 4) is 0 Å². The molecule has 0 N–H and O–H groups in total. The second-order valence-corrected chi connectivity index (χ2v) is 18.2. The summed E-state index contributed by atoms with van der Waals surface area (Å²) >= 11 is 0. The zero-order valence-corrected chi connectivity index (χ0v) is 23.1. The Hall–Kier alpha value is -2.91.